The second kappa shape index (κ2) is 5.21. The number of ether oxygens (including phenoxy) is 2. The molecule has 0 amide bonds. The van der Waals surface area contributed by atoms with Crippen molar-refractivity contribution in [3.05, 3.63) is 29.3 Å². The molecule has 0 saturated heterocycles. The largest absolute Gasteiger partial charge is 0.496 e. The van der Waals surface area contributed by atoms with E-state index in [4.69, 9.17) is 9.47 Å². The van der Waals surface area contributed by atoms with E-state index in [-0.39, 0.29) is 12.0 Å². The molecule has 0 spiro atoms. The first-order chi connectivity index (χ1) is 9.08. The zero-order valence-electron chi connectivity index (χ0n) is 11.9. The fourth-order valence-electron chi connectivity index (χ4n) is 2.79. The Labute approximate surface area is 114 Å². The first-order valence-corrected chi connectivity index (χ1v) is 6.49. The number of benzene rings is 1. The molecule has 1 unspecified atom stereocenters. The van der Waals surface area contributed by atoms with Gasteiger partial charge in [-0.1, -0.05) is 12.1 Å². The standard InChI is InChI=1S/C15H21NO3/c1-10-9-11(5-6-12(10)18-3)13(16-2)15(7-8-15)14(17)19-4/h5-6,9,13,16H,7-8H2,1-4H3. The lowest BCUT2D eigenvalue weighted by Crippen LogP contribution is -2.33. The monoisotopic (exact) mass is 263 g/mol. The molecule has 1 fully saturated rings. The van der Waals surface area contributed by atoms with Gasteiger partial charge in [-0.3, -0.25) is 4.79 Å². The molecule has 1 atom stereocenters. The van der Waals surface area contributed by atoms with Gasteiger partial charge in [0.2, 0.25) is 0 Å². The van der Waals surface area contributed by atoms with Crippen molar-refractivity contribution in [2.45, 2.75) is 25.8 Å². The fourth-order valence-corrected chi connectivity index (χ4v) is 2.79. The summed E-state index contributed by atoms with van der Waals surface area (Å²) in [6, 6.07) is 6.02. The summed E-state index contributed by atoms with van der Waals surface area (Å²) in [5.41, 5.74) is 1.77. The predicted molar refractivity (Wildman–Crippen MR) is 73.2 cm³/mol. The normalized spacial score (nSPS) is 17.7. The third-order valence-corrected chi connectivity index (χ3v) is 3.97. The van der Waals surface area contributed by atoms with E-state index in [0.717, 1.165) is 29.7 Å². The minimum atomic E-state index is -0.398. The molecule has 1 aliphatic carbocycles. The molecule has 1 aliphatic rings. The quantitative estimate of drug-likeness (QED) is 0.827. The molecule has 4 nitrogen and oxygen atoms in total. The van der Waals surface area contributed by atoms with Crippen molar-refractivity contribution in [2.75, 3.05) is 21.3 Å². The number of carbonyl (C=O) groups excluding carboxylic acids is 1. The highest BCUT2D eigenvalue weighted by atomic mass is 16.5. The lowest BCUT2D eigenvalue weighted by Gasteiger charge is -2.25. The minimum Gasteiger partial charge on any atom is -0.496 e. The predicted octanol–water partition coefficient (Wildman–Crippen LogP) is 2.22. The Hall–Kier alpha value is -1.55. The summed E-state index contributed by atoms with van der Waals surface area (Å²) in [4.78, 5) is 12.0. The van der Waals surface area contributed by atoms with Gasteiger partial charge in [-0.05, 0) is 44.0 Å². The molecule has 2 rings (SSSR count). The summed E-state index contributed by atoms with van der Waals surface area (Å²) in [5, 5.41) is 3.26. The van der Waals surface area contributed by atoms with Crippen molar-refractivity contribution in [3.63, 3.8) is 0 Å². The Morgan fingerprint density at radius 2 is 2.05 bits per heavy atom. The van der Waals surface area contributed by atoms with Gasteiger partial charge in [0.1, 0.15) is 5.75 Å². The van der Waals surface area contributed by atoms with Crippen LogP contribution in [0.4, 0.5) is 0 Å². The lowest BCUT2D eigenvalue weighted by atomic mass is 9.89. The van der Waals surface area contributed by atoms with E-state index in [1.165, 1.54) is 7.11 Å². The topological polar surface area (TPSA) is 47.6 Å². The third kappa shape index (κ3) is 2.32. The van der Waals surface area contributed by atoms with Crippen molar-refractivity contribution in [1.82, 2.24) is 5.32 Å². The van der Waals surface area contributed by atoms with Crippen molar-refractivity contribution in [1.29, 1.82) is 0 Å². The number of carbonyl (C=O) groups is 1. The first kappa shape index (κ1) is 13.9. The number of nitrogens with one attached hydrogen (secondary N) is 1. The van der Waals surface area contributed by atoms with E-state index >= 15 is 0 Å². The van der Waals surface area contributed by atoms with Crippen LogP contribution in [0.5, 0.6) is 5.75 Å². The van der Waals surface area contributed by atoms with E-state index in [1.807, 2.05) is 26.1 Å². The molecule has 104 valence electrons. The van der Waals surface area contributed by atoms with Crippen LogP contribution in [-0.2, 0) is 9.53 Å². The van der Waals surface area contributed by atoms with E-state index in [0.29, 0.717) is 0 Å². The molecular formula is C15H21NO3. The summed E-state index contributed by atoms with van der Waals surface area (Å²) in [7, 11) is 5.00. The van der Waals surface area contributed by atoms with Crippen molar-refractivity contribution in [2.24, 2.45) is 5.41 Å². The van der Waals surface area contributed by atoms with Gasteiger partial charge >= 0.3 is 5.97 Å². The zero-order valence-corrected chi connectivity index (χ0v) is 11.9. The van der Waals surface area contributed by atoms with Crippen LogP contribution in [0, 0.1) is 12.3 Å². The maximum atomic E-state index is 12.0. The number of hydrogen-bond acceptors (Lipinski definition) is 4. The van der Waals surface area contributed by atoms with Gasteiger partial charge in [-0.25, -0.2) is 0 Å². The van der Waals surface area contributed by atoms with Crippen LogP contribution < -0.4 is 10.1 Å². The SMILES string of the molecule is CNC(c1ccc(OC)c(C)c1)C1(C(=O)OC)CC1. The summed E-state index contributed by atoms with van der Waals surface area (Å²) in [5.74, 6) is 0.738. The molecule has 0 bridgehead atoms. The molecular weight excluding hydrogens is 242 g/mol. The molecule has 4 heteroatoms. The zero-order chi connectivity index (χ0) is 14.0. The van der Waals surface area contributed by atoms with Crippen molar-refractivity contribution in [3.8, 4) is 5.75 Å². The third-order valence-electron chi connectivity index (χ3n) is 3.97. The average molecular weight is 263 g/mol. The maximum absolute atomic E-state index is 12.0. The molecule has 1 aromatic rings. The molecule has 1 aromatic carbocycles. The van der Waals surface area contributed by atoms with Crippen LogP contribution in [0.15, 0.2) is 18.2 Å². The average Bonchev–Trinajstić information content (AvgIpc) is 3.20. The van der Waals surface area contributed by atoms with Crippen molar-refractivity contribution >= 4 is 5.97 Å². The van der Waals surface area contributed by atoms with Crippen LogP contribution in [0.3, 0.4) is 0 Å². The van der Waals surface area contributed by atoms with Crippen LogP contribution >= 0.6 is 0 Å². The smallest absolute Gasteiger partial charge is 0.313 e. The maximum Gasteiger partial charge on any atom is 0.313 e. The van der Waals surface area contributed by atoms with Gasteiger partial charge in [0.05, 0.1) is 19.6 Å². The van der Waals surface area contributed by atoms with Gasteiger partial charge in [0.25, 0.3) is 0 Å². The molecule has 0 aromatic heterocycles. The number of hydrogen-bond donors (Lipinski definition) is 1. The molecule has 0 aliphatic heterocycles. The Bertz CT molecular complexity index is 480. The Morgan fingerprint density at radius 1 is 1.37 bits per heavy atom. The highest BCUT2D eigenvalue weighted by Gasteiger charge is 2.56. The molecule has 0 radical (unpaired) electrons. The van der Waals surface area contributed by atoms with E-state index < -0.39 is 5.41 Å². The van der Waals surface area contributed by atoms with Crippen molar-refractivity contribution < 1.29 is 14.3 Å². The summed E-state index contributed by atoms with van der Waals surface area (Å²) >= 11 is 0. The highest BCUT2D eigenvalue weighted by molar-refractivity contribution is 5.81. The molecule has 1 saturated carbocycles. The Morgan fingerprint density at radius 3 is 2.47 bits per heavy atom. The van der Waals surface area contributed by atoms with Crippen LogP contribution in [0.1, 0.15) is 30.0 Å². The van der Waals surface area contributed by atoms with E-state index in [2.05, 4.69) is 11.4 Å². The molecule has 0 heterocycles. The Kier molecular flexibility index (Phi) is 3.80. The number of aryl methyl sites for hydroxylation is 1. The first-order valence-electron chi connectivity index (χ1n) is 6.49. The summed E-state index contributed by atoms with van der Waals surface area (Å²) in [6.45, 7) is 2.01. The van der Waals surface area contributed by atoms with Crippen LogP contribution in [-0.4, -0.2) is 27.2 Å². The summed E-state index contributed by atoms with van der Waals surface area (Å²) < 4.78 is 10.2. The molecule has 19 heavy (non-hydrogen) atoms. The van der Waals surface area contributed by atoms with Gasteiger partial charge < -0.3 is 14.8 Å². The van der Waals surface area contributed by atoms with Crippen LogP contribution in [0.2, 0.25) is 0 Å². The van der Waals surface area contributed by atoms with Gasteiger partial charge in [0.15, 0.2) is 0 Å². The number of rotatable bonds is 5. The molecule has 1 N–H and O–H groups in total. The van der Waals surface area contributed by atoms with E-state index in [1.54, 1.807) is 7.11 Å². The van der Waals surface area contributed by atoms with Crippen LogP contribution in [0.25, 0.3) is 0 Å². The minimum absolute atomic E-state index is 0.00967. The number of esters is 1. The Balaban J connectivity index is 2.33. The van der Waals surface area contributed by atoms with Gasteiger partial charge in [-0.15, -0.1) is 0 Å². The van der Waals surface area contributed by atoms with E-state index in [9.17, 15) is 4.79 Å². The summed E-state index contributed by atoms with van der Waals surface area (Å²) in [6.07, 6.45) is 1.74. The van der Waals surface area contributed by atoms with Gasteiger partial charge in [-0.2, -0.15) is 0 Å². The van der Waals surface area contributed by atoms with Gasteiger partial charge in [0, 0.05) is 6.04 Å². The fraction of sp³-hybridized carbons (Fsp3) is 0.533. The second-order valence-electron chi connectivity index (χ2n) is 5.10. The second-order valence-corrected chi connectivity index (χ2v) is 5.10. The number of methoxy groups -OCH3 is 2. The lowest BCUT2D eigenvalue weighted by molar-refractivity contribution is -0.148. The highest BCUT2D eigenvalue weighted by Crippen LogP contribution is 2.55.